The number of hydrogen-bond donors (Lipinski definition) is 1. The molecule has 1 unspecified atom stereocenters. The lowest BCUT2D eigenvalue weighted by Crippen LogP contribution is -2.44. The zero-order chi connectivity index (χ0) is 20.2. The third kappa shape index (κ3) is 4.67. The molecule has 5 nitrogen and oxygen atoms in total. The van der Waals surface area contributed by atoms with Crippen molar-refractivity contribution in [1.82, 2.24) is 15.1 Å². The number of nitrogens with one attached hydrogen (secondary N) is 1. The van der Waals surface area contributed by atoms with Gasteiger partial charge in [0.1, 0.15) is 0 Å². The van der Waals surface area contributed by atoms with Crippen LogP contribution in [-0.2, 0) is 24.3 Å². The first kappa shape index (κ1) is 19.6. The van der Waals surface area contributed by atoms with Crippen molar-refractivity contribution in [2.75, 3.05) is 19.6 Å². The maximum Gasteiger partial charge on any atom is 0.251 e. The Labute approximate surface area is 172 Å². The summed E-state index contributed by atoms with van der Waals surface area (Å²) in [6.45, 7) is 6.15. The van der Waals surface area contributed by atoms with Gasteiger partial charge < -0.3 is 10.2 Å². The summed E-state index contributed by atoms with van der Waals surface area (Å²) < 4.78 is 0. The summed E-state index contributed by atoms with van der Waals surface area (Å²) in [5.41, 5.74) is 4.49. The van der Waals surface area contributed by atoms with Crippen molar-refractivity contribution in [2.45, 2.75) is 45.3 Å². The molecule has 2 heterocycles. The molecule has 1 saturated heterocycles. The maximum absolute atomic E-state index is 12.7. The van der Waals surface area contributed by atoms with Crippen LogP contribution in [0.5, 0.6) is 0 Å². The van der Waals surface area contributed by atoms with Crippen molar-refractivity contribution >= 4 is 11.8 Å². The van der Waals surface area contributed by atoms with Crippen LogP contribution in [0.25, 0.3) is 0 Å². The standard InChI is InChI=1S/C24H29N3O2/c1-18(26-13-11-20-7-2-3-8-22(20)17-26)15-25-24(29)21-9-4-6-19(14-21)16-27-12-5-10-23(27)28/h2-4,6-9,14,18H,5,10-13,15-17H2,1H3,(H,25,29). The smallest absolute Gasteiger partial charge is 0.251 e. The van der Waals surface area contributed by atoms with E-state index in [0.717, 1.165) is 38.0 Å². The summed E-state index contributed by atoms with van der Waals surface area (Å²) in [5.74, 6) is 0.153. The van der Waals surface area contributed by atoms with Gasteiger partial charge in [-0.25, -0.2) is 0 Å². The van der Waals surface area contributed by atoms with Gasteiger partial charge in [0.05, 0.1) is 0 Å². The van der Waals surface area contributed by atoms with Crippen LogP contribution in [0.3, 0.4) is 0 Å². The van der Waals surface area contributed by atoms with Gasteiger partial charge in [0.25, 0.3) is 5.91 Å². The number of hydrogen-bond acceptors (Lipinski definition) is 3. The normalized spacial score (nSPS) is 17.8. The molecule has 0 bridgehead atoms. The average Bonchev–Trinajstić information content (AvgIpc) is 3.16. The molecule has 2 aliphatic rings. The number of fused-ring (bicyclic) bond motifs is 1. The minimum atomic E-state index is -0.0520. The minimum absolute atomic E-state index is 0.0520. The van der Waals surface area contributed by atoms with Gasteiger partial charge in [0.15, 0.2) is 0 Å². The number of rotatable bonds is 6. The van der Waals surface area contributed by atoms with Gasteiger partial charge in [-0.1, -0.05) is 36.4 Å². The zero-order valence-corrected chi connectivity index (χ0v) is 17.1. The second-order valence-electron chi connectivity index (χ2n) is 8.17. The van der Waals surface area contributed by atoms with Crippen LogP contribution >= 0.6 is 0 Å². The molecule has 29 heavy (non-hydrogen) atoms. The summed E-state index contributed by atoms with van der Waals surface area (Å²) in [7, 11) is 0. The highest BCUT2D eigenvalue weighted by Crippen LogP contribution is 2.20. The van der Waals surface area contributed by atoms with Crippen LogP contribution in [0, 0.1) is 0 Å². The summed E-state index contributed by atoms with van der Waals surface area (Å²) in [6.07, 6.45) is 2.63. The Balaban J connectivity index is 1.31. The van der Waals surface area contributed by atoms with Gasteiger partial charge in [-0.2, -0.15) is 0 Å². The van der Waals surface area contributed by atoms with Crippen LogP contribution in [0.4, 0.5) is 0 Å². The molecule has 0 radical (unpaired) electrons. The lowest BCUT2D eigenvalue weighted by atomic mass is 9.99. The predicted molar refractivity (Wildman–Crippen MR) is 113 cm³/mol. The minimum Gasteiger partial charge on any atom is -0.350 e. The molecular formula is C24H29N3O2. The number of likely N-dealkylation sites (tertiary alicyclic amines) is 1. The predicted octanol–water partition coefficient (Wildman–Crippen LogP) is 2.99. The summed E-state index contributed by atoms with van der Waals surface area (Å²) >= 11 is 0. The van der Waals surface area contributed by atoms with E-state index in [4.69, 9.17) is 0 Å². The highest BCUT2D eigenvalue weighted by molar-refractivity contribution is 5.94. The summed E-state index contributed by atoms with van der Waals surface area (Å²) in [6, 6.07) is 16.5. The molecule has 1 N–H and O–H groups in total. The lowest BCUT2D eigenvalue weighted by molar-refractivity contribution is -0.128. The molecule has 2 aromatic rings. The van der Waals surface area contributed by atoms with Crippen molar-refractivity contribution in [2.24, 2.45) is 0 Å². The SMILES string of the molecule is CC(CNC(=O)c1cccc(CN2CCCC2=O)c1)N1CCc2ccccc2C1. The van der Waals surface area contributed by atoms with E-state index in [-0.39, 0.29) is 17.9 Å². The second kappa shape index (κ2) is 8.78. The highest BCUT2D eigenvalue weighted by atomic mass is 16.2. The Kier molecular flexibility index (Phi) is 5.95. The number of carbonyl (C=O) groups excluding carboxylic acids is 2. The van der Waals surface area contributed by atoms with Gasteiger partial charge in [-0.15, -0.1) is 0 Å². The summed E-state index contributed by atoms with van der Waals surface area (Å²) in [4.78, 5) is 28.8. The van der Waals surface area contributed by atoms with E-state index in [1.165, 1.54) is 11.1 Å². The number of nitrogens with zero attached hydrogens (tertiary/aromatic N) is 2. The van der Waals surface area contributed by atoms with E-state index in [2.05, 4.69) is 41.4 Å². The van der Waals surface area contributed by atoms with Crippen LogP contribution in [0.2, 0.25) is 0 Å². The molecule has 2 aromatic carbocycles. The Hall–Kier alpha value is -2.66. The van der Waals surface area contributed by atoms with E-state index in [1.54, 1.807) is 0 Å². The zero-order valence-electron chi connectivity index (χ0n) is 17.1. The molecule has 5 heteroatoms. The number of carbonyl (C=O) groups is 2. The van der Waals surface area contributed by atoms with Gasteiger partial charge in [-0.3, -0.25) is 14.5 Å². The molecule has 1 atom stereocenters. The second-order valence-corrected chi connectivity index (χ2v) is 8.17. The quantitative estimate of drug-likeness (QED) is 0.824. The van der Waals surface area contributed by atoms with Gasteiger partial charge in [0.2, 0.25) is 5.91 Å². The summed E-state index contributed by atoms with van der Waals surface area (Å²) in [5, 5.41) is 3.09. The number of amides is 2. The van der Waals surface area contributed by atoms with Crippen molar-refractivity contribution in [3.05, 3.63) is 70.8 Å². The first-order valence-corrected chi connectivity index (χ1v) is 10.6. The van der Waals surface area contributed by atoms with Gasteiger partial charge in [-0.05, 0) is 48.6 Å². The monoisotopic (exact) mass is 391 g/mol. The topological polar surface area (TPSA) is 52.7 Å². The fraction of sp³-hybridized carbons (Fsp3) is 0.417. The Morgan fingerprint density at radius 2 is 1.90 bits per heavy atom. The van der Waals surface area contributed by atoms with Crippen LogP contribution in [-0.4, -0.2) is 47.3 Å². The molecular weight excluding hydrogens is 362 g/mol. The lowest BCUT2D eigenvalue weighted by Gasteiger charge is -2.33. The molecule has 1 fully saturated rings. The fourth-order valence-corrected chi connectivity index (χ4v) is 4.27. The number of benzene rings is 2. The van der Waals surface area contributed by atoms with Crippen LogP contribution in [0.15, 0.2) is 48.5 Å². The van der Waals surface area contributed by atoms with E-state index in [0.29, 0.717) is 25.1 Å². The van der Waals surface area contributed by atoms with E-state index in [9.17, 15) is 9.59 Å². The Morgan fingerprint density at radius 3 is 2.69 bits per heavy atom. The third-order valence-electron chi connectivity index (χ3n) is 6.08. The molecule has 0 aliphatic carbocycles. The Morgan fingerprint density at radius 1 is 1.07 bits per heavy atom. The van der Waals surface area contributed by atoms with Crippen molar-refractivity contribution < 1.29 is 9.59 Å². The fourth-order valence-electron chi connectivity index (χ4n) is 4.27. The first-order chi connectivity index (χ1) is 14.1. The largest absolute Gasteiger partial charge is 0.350 e. The van der Waals surface area contributed by atoms with Gasteiger partial charge in [0, 0.05) is 50.7 Å². The van der Waals surface area contributed by atoms with E-state index < -0.39 is 0 Å². The van der Waals surface area contributed by atoms with E-state index in [1.807, 2.05) is 29.2 Å². The van der Waals surface area contributed by atoms with Crippen molar-refractivity contribution in [3.8, 4) is 0 Å². The highest BCUT2D eigenvalue weighted by Gasteiger charge is 2.22. The third-order valence-corrected chi connectivity index (χ3v) is 6.08. The molecule has 152 valence electrons. The van der Waals surface area contributed by atoms with Crippen molar-refractivity contribution in [3.63, 3.8) is 0 Å². The van der Waals surface area contributed by atoms with Crippen LogP contribution in [0.1, 0.15) is 46.8 Å². The van der Waals surface area contributed by atoms with Crippen LogP contribution < -0.4 is 5.32 Å². The van der Waals surface area contributed by atoms with Crippen molar-refractivity contribution in [1.29, 1.82) is 0 Å². The van der Waals surface area contributed by atoms with E-state index >= 15 is 0 Å². The van der Waals surface area contributed by atoms with Gasteiger partial charge >= 0.3 is 0 Å². The molecule has 2 amide bonds. The maximum atomic E-state index is 12.7. The molecule has 2 aliphatic heterocycles. The molecule has 4 rings (SSSR count). The Bertz CT molecular complexity index is 895. The first-order valence-electron chi connectivity index (χ1n) is 10.6. The molecule has 0 saturated carbocycles. The molecule has 0 aromatic heterocycles. The molecule has 0 spiro atoms. The average molecular weight is 392 g/mol.